The number of hydrogen-bond donors (Lipinski definition) is 1. The lowest BCUT2D eigenvalue weighted by atomic mass is 9.88. The predicted molar refractivity (Wildman–Crippen MR) is 88.2 cm³/mol. The molecular formula is C18H24N2O3. The van der Waals surface area contributed by atoms with Gasteiger partial charge in [0.25, 0.3) is 0 Å². The smallest absolute Gasteiger partial charge is 0.233 e. The van der Waals surface area contributed by atoms with Gasteiger partial charge in [0.2, 0.25) is 11.8 Å². The summed E-state index contributed by atoms with van der Waals surface area (Å²) in [5.41, 5.74) is 1.81. The van der Waals surface area contributed by atoms with Gasteiger partial charge in [0.05, 0.1) is 5.60 Å². The Labute approximate surface area is 137 Å². The summed E-state index contributed by atoms with van der Waals surface area (Å²) in [7, 11) is 0. The Balaban J connectivity index is 1.48. The third-order valence-electron chi connectivity index (χ3n) is 4.83. The topological polar surface area (TPSA) is 58.6 Å². The van der Waals surface area contributed by atoms with Crippen LogP contribution in [0.2, 0.25) is 0 Å². The standard InChI is InChI=1S/C18H24N2O3/c1-14-4-2-5-15(12-14)19-16(21)13-17(22)20-9-7-18(8-10-20)6-3-11-23-18/h2,4-5,12H,3,6-11,13H2,1H3,(H,19,21). The van der Waals surface area contributed by atoms with E-state index in [1.807, 2.05) is 31.2 Å². The van der Waals surface area contributed by atoms with Crippen molar-refractivity contribution < 1.29 is 14.3 Å². The van der Waals surface area contributed by atoms with Crippen LogP contribution in [0.3, 0.4) is 0 Å². The van der Waals surface area contributed by atoms with Crippen molar-refractivity contribution in [2.75, 3.05) is 25.0 Å². The SMILES string of the molecule is Cc1cccc(NC(=O)CC(=O)N2CCC3(CCCO3)CC2)c1. The van der Waals surface area contributed by atoms with Crippen LogP contribution in [-0.2, 0) is 14.3 Å². The molecule has 1 aromatic carbocycles. The number of rotatable bonds is 3. The molecule has 2 amide bonds. The summed E-state index contributed by atoms with van der Waals surface area (Å²) in [6, 6.07) is 7.58. The molecule has 2 heterocycles. The number of benzene rings is 1. The second-order valence-corrected chi connectivity index (χ2v) is 6.61. The first kappa shape index (κ1) is 16.0. The van der Waals surface area contributed by atoms with Crippen LogP contribution < -0.4 is 5.32 Å². The normalized spacial score (nSPS) is 19.8. The van der Waals surface area contributed by atoms with E-state index in [0.717, 1.165) is 43.5 Å². The van der Waals surface area contributed by atoms with E-state index in [0.29, 0.717) is 13.1 Å². The molecular weight excluding hydrogens is 292 g/mol. The van der Waals surface area contributed by atoms with Gasteiger partial charge in [-0.05, 0) is 50.3 Å². The number of amides is 2. The molecule has 0 saturated carbocycles. The second-order valence-electron chi connectivity index (χ2n) is 6.61. The van der Waals surface area contributed by atoms with E-state index in [4.69, 9.17) is 4.74 Å². The van der Waals surface area contributed by atoms with Crippen LogP contribution >= 0.6 is 0 Å². The van der Waals surface area contributed by atoms with Gasteiger partial charge < -0.3 is 15.0 Å². The molecule has 0 unspecified atom stereocenters. The predicted octanol–water partition coefficient (Wildman–Crippen LogP) is 2.50. The Morgan fingerprint density at radius 3 is 2.70 bits per heavy atom. The number of aryl methyl sites for hydroxylation is 1. The molecule has 124 valence electrons. The number of carbonyl (C=O) groups excluding carboxylic acids is 2. The van der Waals surface area contributed by atoms with E-state index in [-0.39, 0.29) is 23.8 Å². The van der Waals surface area contributed by atoms with E-state index in [1.54, 1.807) is 4.90 Å². The zero-order valence-corrected chi connectivity index (χ0v) is 13.6. The first-order chi connectivity index (χ1) is 11.1. The monoisotopic (exact) mass is 316 g/mol. The summed E-state index contributed by atoms with van der Waals surface area (Å²) < 4.78 is 5.86. The Bertz CT molecular complexity index is 584. The average Bonchev–Trinajstić information content (AvgIpc) is 2.96. The van der Waals surface area contributed by atoms with Crippen LogP contribution in [0, 0.1) is 6.92 Å². The van der Waals surface area contributed by atoms with Crippen LogP contribution in [0.5, 0.6) is 0 Å². The average molecular weight is 316 g/mol. The summed E-state index contributed by atoms with van der Waals surface area (Å²) >= 11 is 0. The summed E-state index contributed by atoms with van der Waals surface area (Å²) in [5, 5.41) is 2.79. The zero-order valence-electron chi connectivity index (χ0n) is 13.6. The van der Waals surface area contributed by atoms with Gasteiger partial charge in [0.15, 0.2) is 0 Å². The van der Waals surface area contributed by atoms with Gasteiger partial charge in [-0.3, -0.25) is 9.59 Å². The summed E-state index contributed by atoms with van der Waals surface area (Å²) in [6.45, 7) is 4.19. The van der Waals surface area contributed by atoms with Crippen LogP contribution in [0.1, 0.15) is 37.7 Å². The quantitative estimate of drug-likeness (QED) is 0.872. The number of anilines is 1. The summed E-state index contributed by atoms with van der Waals surface area (Å²) in [5.74, 6) is -0.346. The highest BCUT2D eigenvalue weighted by molar-refractivity contribution is 6.03. The molecule has 2 fully saturated rings. The number of piperidine rings is 1. The van der Waals surface area contributed by atoms with Gasteiger partial charge in [-0.25, -0.2) is 0 Å². The van der Waals surface area contributed by atoms with Gasteiger partial charge in [0, 0.05) is 25.4 Å². The molecule has 2 saturated heterocycles. The fourth-order valence-corrected chi connectivity index (χ4v) is 3.49. The summed E-state index contributed by atoms with van der Waals surface area (Å²) in [4.78, 5) is 26.1. The number of likely N-dealkylation sites (tertiary alicyclic amines) is 1. The van der Waals surface area contributed by atoms with Crippen molar-refractivity contribution in [1.29, 1.82) is 0 Å². The number of carbonyl (C=O) groups is 2. The maximum Gasteiger partial charge on any atom is 0.233 e. The number of ether oxygens (including phenoxy) is 1. The lowest BCUT2D eigenvalue weighted by Gasteiger charge is -2.38. The highest BCUT2D eigenvalue weighted by Gasteiger charge is 2.39. The van der Waals surface area contributed by atoms with Crippen LogP contribution in [0.15, 0.2) is 24.3 Å². The molecule has 0 radical (unpaired) electrons. The highest BCUT2D eigenvalue weighted by atomic mass is 16.5. The Morgan fingerprint density at radius 2 is 2.04 bits per heavy atom. The lowest BCUT2D eigenvalue weighted by Crippen LogP contribution is -2.47. The van der Waals surface area contributed by atoms with E-state index in [1.165, 1.54) is 0 Å². The van der Waals surface area contributed by atoms with E-state index < -0.39 is 0 Å². The molecule has 5 nitrogen and oxygen atoms in total. The molecule has 0 atom stereocenters. The molecule has 3 rings (SSSR count). The minimum atomic E-state index is -0.252. The van der Waals surface area contributed by atoms with E-state index >= 15 is 0 Å². The molecule has 0 aliphatic carbocycles. The molecule has 1 N–H and O–H groups in total. The van der Waals surface area contributed by atoms with Crippen molar-refractivity contribution in [2.45, 2.75) is 44.6 Å². The molecule has 23 heavy (non-hydrogen) atoms. The minimum absolute atomic E-state index is 0.000600. The summed E-state index contributed by atoms with van der Waals surface area (Å²) in [6.07, 6.45) is 3.90. The highest BCUT2D eigenvalue weighted by Crippen LogP contribution is 2.35. The Morgan fingerprint density at radius 1 is 1.26 bits per heavy atom. The fourth-order valence-electron chi connectivity index (χ4n) is 3.49. The van der Waals surface area contributed by atoms with Crippen LogP contribution in [0.4, 0.5) is 5.69 Å². The van der Waals surface area contributed by atoms with Crippen molar-refractivity contribution in [1.82, 2.24) is 4.90 Å². The van der Waals surface area contributed by atoms with Gasteiger partial charge in [0.1, 0.15) is 6.42 Å². The number of nitrogens with zero attached hydrogens (tertiary/aromatic N) is 1. The van der Waals surface area contributed by atoms with Crippen molar-refractivity contribution in [3.63, 3.8) is 0 Å². The van der Waals surface area contributed by atoms with Crippen molar-refractivity contribution in [2.24, 2.45) is 0 Å². The molecule has 0 aromatic heterocycles. The Kier molecular flexibility index (Phi) is 4.66. The minimum Gasteiger partial charge on any atom is -0.375 e. The Hall–Kier alpha value is -1.88. The fraction of sp³-hybridized carbons (Fsp3) is 0.556. The lowest BCUT2D eigenvalue weighted by molar-refractivity contribution is -0.138. The first-order valence-corrected chi connectivity index (χ1v) is 8.35. The van der Waals surface area contributed by atoms with Crippen molar-refractivity contribution in [3.05, 3.63) is 29.8 Å². The maximum atomic E-state index is 12.3. The maximum absolute atomic E-state index is 12.3. The molecule has 2 aliphatic rings. The number of nitrogens with one attached hydrogen (secondary N) is 1. The van der Waals surface area contributed by atoms with E-state index in [9.17, 15) is 9.59 Å². The van der Waals surface area contributed by atoms with E-state index in [2.05, 4.69) is 5.32 Å². The zero-order chi connectivity index (χ0) is 16.3. The first-order valence-electron chi connectivity index (χ1n) is 8.35. The largest absolute Gasteiger partial charge is 0.375 e. The molecule has 1 aromatic rings. The van der Waals surface area contributed by atoms with Gasteiger partial charge in [-0.1, -0.05) is 12.1 Å². The van der Waals surface area contributed by atoms with Gasteiger partial charge in [-0.2, -0.15) is 0 Å². The van der Waals surface area contributed by atoms with Crippen LogP contribution in [0.25, 0.3) is 0 Å². The third-order valence-corrected chi connectivity index (χ3v) is 4.83. The molecule has 5 heteroatoms. The molecule has 1 spiro atoms. The third kappa shape index (κ3) is 3.91. The second kappa shape index (κ2) is 6.71. The van der Waals surface area contributed by atoms with Gasteiger partial charge in [-0.15, -0.1) is 0 Å². The molecule has 2 aliphatic heterocycles. The van der Waals surface area contributed by atoms with Crippen LogP contribution in [-0.4, -0.2) is 42.0 Å². The number of hydrogen-bond acceptors (Lipinski definition) is 3. The van der Waals surface area contributed by atoms with Crippen molar-refractivity contribution in [3.8, 4) is 0 Å². The molecule has 0 bridgehead atoms. The van der Waals surface area contributed by atoms with Crippen molar-refractivity contribution >= 4 is 17.5 Å². The van der Waals surface area contributed by atoms with Gasteiger partial charge >= 0.3 is 0 Å².